The fraction of sp³-hybridized carbons (Fsp3) is 0.143. The SMILES string of the molecule is O=S(=O)(c1ccc(COc2c(Cl)cccc2Cl)cc1)C(F)F. The highest BCUT2D eigenvalue weighted by atomic mass is 35.5. The van der Waals surface area contributed by atoms with Crippen LogP contribution in [0, 0.1) is 0 Å². The second-order valence-corrected chi connectivity index (χ2v) is 7.02. The van der Waals surface area contributed by atoms with Crippen molar-refractivity contribution in [1.82, 2.24) is 0 Å². The summed E-state index contributed by atoms with van der Waals surface area (Å²) in [6, 6.07) is 9.88. The molecule has 118 valence electrons. The number of hydrogen-bond donors (Lipinski definition) is 0. The summed E-state index contributed by atoms with van der Waals surface area (Å²) in [6.07, 6.45) is 0. The van der Waals surface area contributed by atoms with E-state index in [4.69, 9.17) is 27.9 Å². The van der Waals surface area contributed by atoms with Gasteiger partial charge in [0.05, 0.1) is 14.9 Å². The van der Waals surface area contributed by atoms with Gasteiger partial charge in [-0.25, -0.2) is 8.42 Å². The van der Waals surface area contributed by atoms with Crippen molar-refractivity contribution in [2.75, 3.05) is 0 Å². The van der Waals surface area contributed by atoms with E-state index < -0.39 is 20.5 Å². The van der Waals surface area contributed by atoms with Gasteiger partial charge in [-0.1, -0.05) is 41.4 Å². The van der Waals surface area contributed by atoms with Gasteiger partial charge < -0.3 is 4.74 Å². The number of sulfone groups is 1. The third-order valence-electron chi connectivity index (χ3n) is 2.79. The lowest BCUT2D eigenvalue weighted by Gasteiger charge is -2.10. The molecule has 0 spiro atoms. The highest BCUT2D eigenvalue weighted by molar-refractivity contribution is 7.91. The maximum Gasteiger partial charge on any atom is 0.341 e. The molecule has 0 unspecified atom stereocenters. The molecule has 0 aromatic heterocycles. The molecule has 2 aromatic carbocycles. The lowest BCUT2D eigenvalue weighted by molar-refractivity contribution is 0.234. The first kappa shape index (κ1) is 17.0. The topological polar surface area (TPSA) is 43.4 Å². The van der Waals surface area contributed by atoms with Gasteiger partial charge in [-0.2, -0.15) is 8.78 Å². The summed E-state index contributed by atoms with van der Waals surface area (Å²) >= 11 is 11.9. The quantitative estimate of drug-likeness (QED) is 0.778. The Morgan fingerprint density at radius 3 is 2.05 bits per heavy atom. The number of halogens is 4. The van der Waals surface area contributed by atoms with Crippen LogP contribution in [0.15, 0.2) is 47.4 Å². The van der Waals surface area contributed by atoms with Crippen LogP contribution in [-0.2, 0) is 16.4 Å². The second-order valence-electron chi connectivity index (χ2n) is 4.29. The van der Waals surface area contributed by atoms with Crippen LogP contribution in [0.2, 0.25) is 10.0 Å². The van der Waals surface area contributed by atoms with Crippen LogP contribution >= 0.6 is 23.2 Å². The molecule has 0 amide bonds. The minimum Gasteiger partial charge on any atom is -0.486 e. The summed E-state index contributed by atoms with van der Waals surface area (Å²) in [5.41, 5.74) is 0.587. The molecule has 2 aromatic rings. The van der Waals surface area contributed by atoms with Crippen molar-refractivity contribution in [2.24, 2.45) is 0 Å². The Bertz CT molecular complexity index is 742. The Kier molecular flexibility index (Phi) is 5.26. The second kappa shape index (κ2) is 6.81. The van der Waals surface area contributed by atoms with E-state index in [0.717, 1.165) is 12.1 Å². The minimum absolute atomic E-state index is 0.0679. The molecule has 0 aliphatic heterocycles. The molecule has 0 aliphatic carbocycles. The average molecular weight is 367 g/mol. The normalized spacial score (nSPS) is 11.7. The van der Waals surface area contributed by atoms with Crippen molar-refractivity contribution in [3.8, 4) is 5.75 Å². The Balaban J connectivity index is 2.13. The Morgan fingerprint density at radius 1 is 1.00 bits per heavy atom. The minimum atomic E-state index is -4.59. The molecular formula is C14H10Cl2F2O3S. The van der Waals surface area contributed by atoms with E-state index in [2.05, 4.69) is 0 Å². The fourth-order valence-corrected chi connectivity index (χ4v) is 2.88. The summed E-state index contributed by atoms with van der Waals surface area (Å²) in [4.78, 5) is -0.443. The monoisotopic (exact) mass is 366 g/mol. The standard InChI is InChI=1S/C14H10Cl2F2O3S/c15-11-2-1-3-12(16)13(11)21-8-9-4-6-10(7-5-9)22(19,20)14(17)18/h1-7,14H,8H2. The average Bonchev–Trinajstić information content (AvgIpc) is 2.47. The first-order chi connectivity index (χ1) is 10.3. The third-order valence-corrected chi connectivity index (χ3v) is 4.78. The van der Waals surface area contributed by atoms with Crippen LogP contribution in [-0.4, -0.2) is 14.2 Å². The van der Waals surface area contributed by atoms with Gasteiger partial charge in [-0.05, 0) is 29.8 Å². The van der Waals surface area contributed by atoms with E-state index in [1.54, 1.807) is 18.2 Å². The third kappa shape index (κ3) is 3.69. The lowest BCUT2D eigenvalue weighted by Crippen LogP contribution is -2.11. The summed E-state index contributed by atoms with van der Waals surface area (Å²) in [5, 5.41) is 0.675. The number of alkyl halides is 2. The molecule has 0 heterocycles. The number of benzene rings is 2. The number of para-hydroxylation sites is 1. The Morgan fingerprint density at radius 2 is 1.55 bits per heavy atom. The molecule has 0 bridgehead atoms. The van der Waals surface area contributed by atoms with Crippen LogP contribution in [0.1, 0.15) is 5.56 Å². The smallest absolute Gasteiger partial charge is 0.341 e. The van der Waals surface area contributed by atoms with Gasteiger partial charge in [0, 0.05) is 0 Å². The van der Waals surface area contributed by atoms with E-state index in [-0.39, 0.29) is 6.61 Å². The largest absolute Gasteiger partial charge is 0.486 e. The van der Waals surface area contributed by atoms with Crippen LogP contribution in [0.25, 0.3) is 0 Å². The summed E-state index contributed by atoms with van der Waals surface area (Å²) in [7, 11) is -4.59. The van der Waals surface area contributed by atoms with Crippen molar-refractivity contribution < 1.29 is 21.9 Å². The van der Waals surface area contributed by atoms with Crippen molar-refractivity contribution >= 4 is 33.0 Å². The van der Waals surface area contributed by atoms with Gasteiger partial charge in [0.15, 0.2) is 5.75 Å². The van der Waals surface area contributed by atoms with Crippen molar-refractivity contribution in [2.45, 2.75) is 17.3 Å². The van der Waals surface area contributed by atoms with E-state index >= 15 is 0 Å². The zero-order valence-electron chi connectivity index (χ0n) is 11.0. The summed E-state index contributed by atoms with van der Waals surface area (Å²) in [6.45, 7) is 0.0679. The Hall–Kier alpha value is -1.37. The first-order valence-corrected chi connectivity index (χ1v) is 8.30. The molecule has 3 nitrogen and oxygen atoms in total. The van der Waals surface area contributed by atoms with Gasteiger partial charge in [0.2, 0.25) is 9.84 Å². The molecule has 0 saturated carbocycles. The molecule has 0 fully saturated rings. The molecule has 22 heavy (non-hydrogen) atoms. The number of hydrogen-bond acceptors (Lipinski definition) is 3. The Labute approximate surface area is 136 Å². The first-order valence-electron chi connectivity index (χ1n) is 6.00. The van der Waals surface area contributed by atoms with Crippen molar-refractivity contribution in [3.05, 3.63) is 58.1 Å². The highest BCUT2D eigenvalue weighted by Gasteiger charge is 2.26. The zero-order valence-corrected chi connectivity index (χ0v) is 13.3. The molecule has 8 heteroatoms. The molecule has 0 N–H and O–H groups in total. The summed E-state index contributed by atoms with van der Waals surface area (Å²) < 4.78 is 52.9. The van der Waals surface area contributed by atoms with Crippen LogP contribution < -0.4 is 4.74 Å². The van der Waals surface area contributed by atoms with Crippen molar-refractivity contribution in [1.29, 1.82) is 0 Å². The molecule has 0 radical (unpaired) electrons. The van der Waals surface area contributed by atoms with Crippen LogP contribution in [0.5, 0.6) is 5.75 Å². The van der Waals surface area contributed by atoms with Gasteiger partial charge >= 0.3 is 5.76 Å². The summed E-state index contributed by atoms with van der Waals surface area (Å²) in [5.74, 6) is -3.15. The predicted molar refractivity (Wildman–Crippen MR) is 80.4 cm³/mol. The van der Waals surface area contributed by atoms with Crippen LogP contribution in [0.4, 0.5) is 8.78 Å². The van der Waals surface area contributed by atoms with Gasteiger partial charge in [-0.3, -0.25) is 0 Å². The van der Waals surface area contributed by atoms with Gasteiger partial charge in [-0.15, -0.1) is 0 Å². The molecule has 2 rings (SSSR count). The van der Waals surface area contributed by atoms with Crippen LogP contribution in [0.3, 0.4) is 0 Å². The van der Waals surface area contributed by atoms with Crippen molar-refractivity contribution in [3.63, 3.8) is 0 Å². The molecular weight excluding hydrogens is 357 g/mol. The molecule has 0 atom stereocenters. The van der Waals surface area contributed by atoms with Gasteiger partial charge in [0.25, 0.3) is 0 Å². The van der Waals surface area contributed by atoms with E-state index in [0.29, 0.717) is 21.4 Å². The highest BCUT2D eigenvalue weighted by Crippen LogP contribution is 2.33. The van der Waals surface area contributed by atoms with E-state index in [9.17, 15) is 17.2 Å². The fourth-order valence-electron chi connectivity index (χ4n) is 1.65. The lowest BCUT2D eigenvalue weighted by atomic mass is 10.2. The zero-order chi connectivity index (χ0) is 16.3. The maximum absolute atomic E-state index is 12.4. The number of rotatable bonds is 5. The number of ether oxygens (including phenoxy) is 1. The van der Waals surface area contributed by atoms with Gasteiger partial charge in [0.1, 0.15) is 6.61 Å². The van der Waals surface area contributed by atoms with E-state index in [1.807, 2.05) is 0 Å². The molecule has 0 saturated heterocycles. The molecule has 0 aliphatic rings. The maximum atomic E-state index is 12.4. The van der Waals surface area contributed by atoms with E-state index in [1.165, 1.54) is 12.1 Å². The predicted octanol–water partition coefficient (Wildman–Crippen LogP) is 4.57.